The molecule has 0 spiro atoms. The molecule has 7 nitrogen and oxygen atoms in total. The van der Waals surface area contributed by atoms with Gasteiger partial charge in [0.05, 0.1) is 22.9 Å². The van der Waals surface area contributed by atoms with E-state index in [4.69, 9.17) is 4.52 Å². The molecule has 1 aliphatic rings. The molecule has 1 aromatic carbocycles. The lowest BCUT2D eigenvalue weighted by atomic mass is 10.2. The van der Waals surface area contributed by atoms with Gasteiger partial charge in [-0.3, -0.25) is 14.2 Å². The Kier molecular flexibility index (Phi) is 5.54. The second-order valence-corrected chi connectivity index (χ2v) is 8.35. The smallest absolute Gasteiger partial charge is 0.268 e. The first-order valence-corrected chi connectivity index (χ1v) is 10.7. The van der Waals surface area contributed by atoms with Gasteiger partial charge in [-0.2, -0.15) is 0 Å². The van der Waals surface area contributed by atoms with E-state index in [2.05, 4.69) is 15.5 Å². The lowest BCUT2D eigenvalue weighted by Crippen LogP contribution is -2.26. The van der Waals surface area contributed by atoms with E-state index in [0.29, 0.717) is 23.3 Å². The second kappa shape index (κ2) is 8.24. The summed E-state index contributed by atoms with van der Waals surface area (Å²) in [6.07, 6.45) is 0.777. The fourth-order valence-electron chi connectivity index (χ4n) is 2.87. The van der Waals surface area contributed by atoms with Crippen molar-refractivity contribution in [2.75, 3.05) is 16.8 Å². The normalized spacial score (nSPS) is 12.8. The molecule has 0 saturated heterocycles. The van der Waals surface area contributed by atoms with Gasteiger partial charge in [0, 0.05) is 18.2 Å². The van der Waals surface area contributed by atoms with Gasteiger partial charge in [-0.25, -0.2) is 4.98 Å². The van der Waals surface area contributed by atoms with Crippen molar-refractivity contribution in [3.05, 3.63) is 63.8 Å². The van der Waals surface area contributed by atoms with Gasteiger partial charge >= 0.3 is 0 Å². The van der Waals surface area contributed by atoms with Gasteiger partial charge in [-0.15, -0.1) is 11.8 Å². The number of amides is 1. The number of aryl methyl sites for hydroxylation is 2. The van der Waals surface area contributed by atoms with Gasteiger partial charge in [0.1, 0.15) is 5.76 Å². The van der Waals surface area contributed by atoms with Gasteiger partial charge in [-0.05, 0) is 12.5 Å². The number of aromatic nitrogens is 3. The number of carbonyl (C=O) groups is 1. The average Bonchev–Trinajstić information content (AvgIpc) is 3.32. The molecular formula is C19H18N4O3S2. The molecule has 0 fully saturated rings. The number of carbonyl (C=O) groups excluding carboxylic acids is 1. The van der Waals surface area contributed by atoms with Crippen molar-refractivity contribution in [2.45, 2.75) is 29.9 Å². The molecule has 1 aliphatic heterocycles. The molecule has 0 bridgehead atoms. The molecule has 28 heavy (non-hydrogen) atoms. The van der Waals surface area contributed by atoms with E-state index in [9.17, 15) is 9.59 Å². The summed E-state index contributed by atoms with van der Waals surface area (Å²) in [6.45, 7) is 2.18. The highest BCUT2D eigenvalue weighted by atomic mass is 32.2. The average molecular weight is 415 g/mol. The number of rotatable bonds is 6. The van der Waals surface area contributed by atoms with Crippen LogP contribution in [0.4, 0.5) is 5.82 Å². The fraction of sp³-hybridized carbons (Fsp3) is 0.263. The Morgan fingerprint density at radius 3 is 2.93 bits per heavy atom. The summed E-state index contributed by atoms with van der Waals surface area (Å²) in [5, 5.41) is 7.00. The Bertz CT molecular complexity index is 1060. The number of hydrogen-bond donors (Lipinski definition) is 1. The maximum absolute atomic E-state index is 13.0. The van der Waals surface area contributed by atoms with Crippen molar-refractivity contribution in [1.29, 1.82) is 0 Å². The first-order valence-electron chi connectivity index (χ1n) is 8.76. The predicted molar refractivity (Wildman–Crippen MR) is 109 cm³/mol. The van der Waals surface area contributed by atoms with Crippen LogP contribution in [0.2, 0.25) is 0 Å². The van der Waals surface area contributed by atoms with Crippen LogP contribution in [0.1, 0.15) is 17.0 Å². The van der Waals surface area contributed by atoms with E-state index in [1.807, 2.05) is 30.3 Å². The van der Waals surface area contributed by atoms with Gasteiger partial charge in [0.25, 0.3) is 5.56 Å². The van der Waals surface area contributed by atoms with Crippen molar-refractivity contribution in [3.63, 3.8) is 0 Å². The molecule has 2 aromatic heterocycles. The molecule has 0 radical (unpaired) electrons. The summed E-state index contributed by atoms with van der Waals surface area (Å²) >= 11 is 2.81. The van der Waals surface area contributed by atoms with Gasteiger partial charge in [-0.1, -0.05) is 47.3 Å². The highest BCUT2D eigenvalue weighted by Gasteiger charge is 2.22. The summed E-state index contributed by atoms with van der Waals surface area (Å²) in [5.74, 6) is 1.76. The Balaban J connectivity index is 1.56. The molecule has 0 atom stereocenters. The zero-order valence-corrected chi connectivity index (χ0v) is 16.8. The van der Waals surface area contributed by atoms with E-state index in [-0.39, 0.29) is 17.2 Å². The minimum atomic E-state index is -0.228. The van der Waals surface area contributed by atoms with Gasteiger partial charge < -0.3 is 9.84 Å². The highest BCUT2D eigenvalue weighted by molar-refractivity contribution is 8.00. The molecule has 3 aromatic rings. The van der Waals surface area contributed by atoms with E-state index in [0.717, 1.165) is 28.3 Å². The zero-order chi connectivity index (χ0) is 19.5. The number of thioether (sulfide) groups is 2. The third kappa shape index (κ3) is 4.15. The minimum absolute atomic E-state index is 0.0358. The Morgan fingerprint density at radius 1 is 1.36 bits per heavy atom. The molecular weight excluding hydrogens is 396 g/mol. The number of nitrogens with zero attached hydrogens (tertiary/aromatic N) is 3. The molecule has 144 valence electrons. The van der Waals surface area contributed by atoms with Crippen molar-refractivity contribution < 1.29 is 9.32 Å². The number of benzene rings is 1. The molecule has 1 N–H and O–H groups in total. The first kappa shape index (κ1) is 18.8. The molecule has 0 aliphatic carbocycles. The van der Waals surface area contributed by atoms with Crippen LogP contribution in [-0.4, -0.2) is 32.1 Å². The summed E-state index contributed by atoms with van der Waals surface area (Å²) in [6, 6.07) is 11.4. The largest absolute Gasteiger partial charge is 0.360 e. The first-order chi connectivity index (χ1) is 13.6. The van der Waals surface area contributed by atoms with Gasteiger partial charge in [0.15, 0.2) is 11.0 Å². The van der Waals surface area contributed by atoms with Crippen molar-refractivity contribution in [2.24, 2.45) is 0 Å². The standard InChI is InChI=1S/C19H18N4O3S2/c1-12-9-15(22-26-12)21-16(24)11-28-19-20-14-7-8-27-17(14)18(25)23(19)10-13-5-3-2-4-6-13/h2-6,9H,7-8,10-11H2,1H3,(H,21,22,24). The summed E-state index contributed by atoms with van der Waals surface area (Å²) in [4.78, 5) is 30.6. The lowest BCUT2D eigenvalue weighted by molar-refractivity contribution is -0.113. The SMILES string of the molecule is Cc1cc(NC(=O)CSc2nc3c(c(=O)n2Cc2ccccc2)SCC3)no1. The highest BCUT2D eigenvalue weighted by Crippen LogP contribution is 2.29. The number of fused-ring (bicyclic) bond motifs is 1. The van der Waals surface area contributed by atoms with Crippen molar-refractivity contribution in [1.82, 2.24) is 14.7 Å². The Morgan fingerprint density at radius 2 is 2.18 bits per heavy atom. The van der Waals surface area contributed by atoms with Crippen LogP contribution in [0.15, 0.2) is 55.8 Å². The predicted octanol–water partition coefficient (Wildman–Crippen LogP) is 2.97. The molecule has 1 amide bonds. The molecule has 9 heteroatoms. The van der Waals surface area contributed by atoms with Crippen LogP contribution in [0.5, 0.6) is 0 Å². The monoisotopic (exact) mass is 414 g/mol. The van der Waals surface area contributed by atoms with Crippen LogP contribution < -0.4 is 10.9 Å². The van der Waals surface area contributed by atoms with Crippen molar-refractivity contribution >= 4 is 35.2 Å². The van der Waals surface area contributed by atoms with Crippen LogP contribution in [0.25, 0.3) is 0 Å². The van der Waals surface area contributed by atoms with Gasteiger partial charge in [0.2, 0.25) is 5.91 Å². The second-order valence-electron chi connectivity index (χ2n) is 6.31. The Labute approximate surface area is 169 Å². The molecule has 3 heterocycles. The van der Waals surface area contributed by atoms with Crippen LogP contribution >= 0.6 is 23.5 Å². The van der Waals surface area contributed by atoms with Crippen molar-refractivity contribution in [3.8, 4) is 0 Å². The number of anilines is 1. The molecule has 4 rings (SSSR count). The Hall–Kier alpha value is -2.52. The maximum atomic E-state index is 13.0. The minimum Gasteiger partial charge on any atom is -0.360 e. The van der Waals surface area contributed by atoms with E-state index in [1.54, 1.807) is 29.3 Å². The molecule has 0 saturated carbocycles. The fourth-order valence-corrected chi connectivity index (χ4v) is 4.73. The maximum Gasteiger partial charge on any atom is 0.268 e. The van der Waals surface area contributed by atoms with E-state index in [1.165, 1.54) is 11.8 Å². The van der Waals surface area contributed by atoms with Crippen LogP contribution in [0, 0.1) is 6.92 Å². The third-order valence-electron chi connectivity index (χ3n) is 4.16. The topological polar surface area (TPSA) is 90.0 Å². The van der Waals surface area contributed by atoms with E-state index >= 15 is 0 Å². The summed E-state index contributed by atoms with van der Waals surface area (Å²) < 4.78 is 6.61. The van der Waals surface area contributed by atoms with Crippen LogP contribution in [-0.2, 0) is 17.8 Å². The van der Waals surface area contributed by atoms with Crippen LogP contribution in [0.3, 0.4) is 0 Å². The third-order valence-corrected chi connectivity index (χ3v) is 6.24. The summed E-state index contributed by atoms with van der Waals surface area (Å²) in [7, 11) is 0. The van der Waals surface area contributed by atoms with E-state index < -0.39 is 0 Å². The molecule has 0 unspecified atom stereocenters. The number of hydrogen-bond acceptors (Lipinski definition) is 7. The quantitative estimate of drug-likeness (QED) is 0.490. The zero-order valence-electron chi connectivity index (χ0n) is 15.2. The lowest BCUT2D eigenvalue weighted by Gasteiger charge is -2.13. The summed E-state index contributed by atoms with van der Waals surface area (Å²) in [5.41, 5.74) is 1.81. The number of nitrogens with one attached hydrogen (secondary N) is 1.